The highest BCUT2D eigenvalue weighted by molar-refractivity contribution is 8.01. The molecule has 0 spiro atoms. The molecule has 1 amide bonds. The number of hydrogen-bond acceptors (Lipinski definition) is 6. The number of amides is 1. The van der Waals surface area contributed by atoms with Gasteiger partial charge >= 0.3 is 5.97 Å². The molecule has 1 saturated heterocycles. The van der Waals surface area contributed by atoms with Gasteiger partial charge in [-0.05, 0) is 19.5 Å². The standard InChI is InChI=1S/C15H23N3O3S2/c1-3-17(4-2)9-11-5-6-13(19)18(11)7-8-22-15-16-12(10-23-15)14(20)21/h10-11H,3-9H2,1-2H3,(H,20,21). The summed E-state index contributed by atoms with van der Waals surface area (Å²) in [7, 11) is 0. The number of rotatable bonds is 9. The van der Waals surface area contributed by atoms with E-state index in [9.17, 15) is 9.59 Å². The fourth-order valence-corrected chi connectivity index (χ4v) is 4.53. The van der Waals surface area contributed by atoms with E-state index in [0.29, 0.717) is 19.0 Å². The minimum absolute atomic E-state index is 0.0918. The van der Waals surface area contributed by atoms with Crippen LogP contribution in [0, 0.1) is 0 Å². The molecule has 0 aromatic carbocycles. The number of aromatic carboxylic acids is 1. The van der Waals surface area contributed by atoms with Crippen LogP contribution in [0.25, 0.3) is 0 Å². The molecule has 23 heavy (non-hydrogen) atoms. The number of carboxylic acid groups (broad SMARTS) is 1. The SMILES string of the molecule is CCN(CC)CC1CCC(=O)N1CCSc1nc(C(=O)O)cs1. The zero-order valence-electron chi connectivity index (χ0n) is 13.5. The van der Waals surface area contributed by atoms with Crippen LogP contribution in [-0.4, -0.2) is 69.7 Å². The lowest BCUT2D eigenvalue weighted by atomic mass is 10.2. The molecule has 1 aromatic rings. The average Bonchev–Trinajstić information content (AvgIpc) is 3.13. The maximum absolute atomic E-state index is 12.1. The first-order valence-electron chi connectivity index (χ1n) is 7.88. The van der Waals surface area contributed by atoms with E-state index < -0.39 is 5.97 Å². The number of likely N-dealkylation sites (N-methyl/N-ethyl adjacent to an activating group) is 1. The molecular weight excluding hydrogens is 334 g/mol. The van der Waals surface area contributed by atoms with Crippen molar-refractivity contribution in [3.63, 3.8) is 0 Å². The predicted octanol–water partition coefficient (Wildman–Crippen LogP) is 2.27. The van der Waals surface area contributed by atoms with Gasteiger partial charge in [-0.25, -0.2) is 9.78 Å². The molecule has 1 aromatic heterocycles. The van der Waals surface area contributed by atoms with Gasteiger partial charge in [-0.3, -0.25) is 4.79 Å². The molecule has 0 bridgehead atoms. The molecule has 2 heterocycles. The second-order valence-electron chi connectivity index (χ2n) is 5.42. The summed E-state index contributed by atoms with van der Waals surface area (Å²) < 4.78 is 0.745. The number of nitrogens with zero attached hydrogens (tertiary/aromatic N) is 3. The number of carboxylic acids is 1. The van der Waals surface area contributed by atoms with Crippen molar-refractivity contribution in [3.8, 4) is 0 Å². The monoisotopic (exact) mass is 357 g/mol. The van der Waals surface area contributed by atoms with Crippen molar-refractivity contribution < 1.29 is 14.7 Å². The molecule has 1 unspecified atom stereocenters. The van der Waals surface area contributed by atoms with Gasteiger partial charge in [0.25, 0.3) is 0 Å². The Labute approximate surface area is 144 Å². The van der Waals surface area contributed by atoms with Crippen LogP contribution in [0.3, 0.4) is 0 Å². The molecule has 8 heteroatoms. The lowest BCUT2D eigenvalue weighted by Crippen LogP contribution is -2.42. The third kappa shape index (κ3) is 4.92. The third-order valence-electron chi connectivity index (χ3n) is 4.08. The van der Waals surface area contributed by atoms with E-state index in [-0.39, 0.29) is 11.6 Å². The Kier molecular flexibility index (Phi) is 6.86. The van der Waals surface area contributed by atoms with Gasteiger partial charge in [0.1, 0.15) is 0 Å². The van der Waals surface area contributed by atoms with Gasteiger partial charge in [0.15, 0.2) is 10.0 Å². The summed E-state index contributed by atoms with van der Waals surface area (Å²) in [6.45, 7) is 7.91. The second kappa shape index (κ2) is 8.65. The van der Waals surface area contributed by atoms with E-state index >= 15 is 0 Å². The van der Waals surface area contributed by atoms with Gasteiger partial charge in [0.05, 0.1) is 0 Å². The van der Waals surface area contributed by atoms with Crippen molar-refractivity contribution in [3.05, 3.63) is 11.1 Å². The van der Waals surface area contributed by atoms with Crippen LogP contribution < -0.4 is 0 Å². The molecule has 0 saturated carbocycles. The molecule has 0 aliphatic carbocycles. The molecule has 128 valence electrons. The first-order valence-corrected chi connectivity index (χ1v) is 9.75. The summed E-state index contributed by atoms with van der Waals surface area (Å²) >= 11 is 2.86. The molecule has 1 atom stereocenters. The van der Waals surface area contributed by atoms with Crippen molar-refractivity contribution in [2.24, 2.45) is 0 Å². The molecule has 1 N–H and O–H groups in total. The van der Waals surface area contributed by atoms with E-state index in [4.69, 9.17) is 5.11 Å². The fraction of sp³-hybridized carbons (Fsp3) is 0.667. The number of hydrogen-bond donors (Lipinski definition) is 1. The van der Waals surface area contributed by atoms with E-state index in [1.165, 1.54) is 23.1 Å². The van der Waals surface area contributed by atoms with E-state index in [1.54, 1.807) is 5.38 Å². The Balaban J connectivity index is 1.84. The Bertz CT molecular complexity index is 546. The predicted molar refractivity (Wildman–Crippen MR) is 92.3 cm³/mol. The fourth-order valence-electron chi connectivity index (χ4n) is 2.72. The number of aromatic nitrogens is 1. The highest BCUT2D eigenvalue weighted by Crippen LogP contribution is 2.25. The van der Waals surface area contributed by atoms with Crippen LogP contribution in [0.2, 0.25) is 0 Å². The summed E-state index contributed by atoms with van der Waals surface area (Å²) in [6.07, 6.45) is 1.57. The third-order valence-corrected chi connectivity index (χ3v) is 6.08. The topological polar surface area (TPSA) is 73.7 Å². The van der Waals surface area contributed by atoms with E-state index in [2.05, 4.69) is 23.7 Å². The molecule has 6 nitrogen and oxygen atoms in total. The highest BCUT2D eigenvalue weighted by atomic mass is 32.2. The lowest BCUT2D eigenvalue weighted by molar-refractivity contribution is -0.128. The number of thiazole rings is 1. The van der Waals surface area contributed by atoms with Gasteiger partial charge in [0.2, 0.25) is 5.91 Å². The molecule has 1 fully saturated rings. The zero-order valence-corrected chi connectivity index (χ0v) is 15.2. The summed E-state index contributed by atoms with van der Waals surface area (Å²) in [6, 6.07) is 0.300. The van der Waals surface area contributed by atoms with E-state index in [1.807, 2.05) is 4.90 Å². The first kappa shape index (κ1) is 18.2. The molecule has 1 aliphatic heterocycles. The summed E-state index contributed by atoms with van der Waals surface area (Å²) in [5, 5.41) is 10.4. The number of carbonyl (C=O) groups is 2. The smallest absolute Gasteiger partial charge is 0.355 e. The number of thioether (sulfide) groups is 1. The van der Waals surface area contributed by atoms with E-state index in [0.717, 1.165) is 36.1 Å². The second-order valence-corrected chi connectivity index (χ2v) is 7.62. The highest BCUT2D eigenvalue weighted by Gasteiger charge is 2.31. The van der Waals surface area contributed by atoms with Gasteiger partial charge in [0, 0.05) is 36.7 Å². The lowest BCUT2D eigenvalue weighted by Gasteiger charge is -2.29. The Morgan fingerprint density at radius 3 is 2.87 bits per heavy atom. The first-order chi connectivity index (χ1) is 11.0. The van der Waals surface area contributed by atoms with Crippen molar-refractivity contribution in [1.82, 2.24) is 14.8 Å². The Morgan fingerprint density at radius 1 is 1.52 bits per heavy atom. The maximum Gasteiger partial charge on any atom is 0.355 e. The quantitative estimate of drug-likeness (QED) is 0.684. The minimum atomic E-state index is -0.998. The average molecular weight is 358 g/mol. The normalized spacial score (nSPS) is 18.1. The Morgan fingerprint density at radius 2 is 2.26 bits per heavy atom. The van der Waals surface area contributed by atoms with Crippen LogP contribution in [0.5, 0.6) is 0 Å². The molecule has 0 radical (unpaired) electrons. The number of likely N-dealkylation sites (tertiary alicyclic amines) is 1. The Hall–Kier alpha value is -1.12. The minimum Gasteiger partial charge on any atom is -0.476 e. The van der Waals surface area contributed by atoms with Crippen molar-refractivity contribution in [2.45, 2.75) is 37.1 Å². The van der Waals surface area contributed by atoms with Crippen LogP contribution in [0.15, 0.2) is 9.72 Å². The van der Waals surface area contributed by atoms with Crippen molar-refractivity contribution >= 4 is 35.0 Å². The van der Waals surface area contributed by atoms with Crippen LogP contribution in [-0.2, 0) is 4.79 Å². The zero-order chi connectivity index (χ0) is 16.8. The van der Waals surface area contributed by atoms with Crippen molar-refractivity contribution in [2.75, 3.05) is 31.9 Å². The number of carbonyl (C=O) groups excluding carboxylic acids is 1. The summed E-state index contributed by atoms with van der Waals surface area (Å²) in [5.74, 6) is -0.0252. The van der Waals surface area contributed by atoms with Gasteiger partial charge < -0.3 is 14.9 Å². The molecule has 1 aliphatic rings. The summed E-state index contributed by atoms with van der Waals surface area (Å²) in [4.78, 5) is 31.3. The van der Waals surface area contributed by atoms with Crippen LogP contribution >= 0.6 is 23.1 Å². The summed E-state index contributed by atoms with van der Waals surface area (Å²) in [5.41, 5.74) is 0.0918. The maximum atomic E-state index is 12.1. The molecule has 2 rings (SSSR count). The van der Waals surface area contributed by atoms with Crippen molar-refractivity contribution in [1.29, 1.82) is 0 Å². The van der Waals surface area contributed by atoms with Gasteiger partial charge in [-0.2, -0.15) is 0 Å². The van der Waals surface area contributed by atoms with Crippen LogP contribution in [0.1, 0.15) is 37.2 Å². The van der Waals surface area contributed by atoms with Gasteiger partial charge in [-0.15, -0.1) is 11.3 Å². The van der Waals surface area contributed by atoms with Crippen LogP contribution in [0.4, 0.5) is 0 Å². The molecular formula is C15H23N3O3S2. The largest absolute Gasteiger partial charge is 0.476 e. The van der Waals surface area contributed by atoms with Gasteiger partial charge in [-0.1, -0.05) is 25.6 Å².